The topological polar surface area (TPSA) is 90.5 Å². The van der Waals surface area contributed by atoms with Gasteiger partial charge in [-0.15, -0.1) is 0 Å². The summed E-state index contributed by atoms with van der Waals surface area (Å²) in [6.07, 6.45) is 3.61. The van der Waals surface area contributed by atoms with Crippen LogP contribution < -0.4 is 5.69 Å². The minimum absolute atomic E-state index is 0.0107. The fourth-order valence-electron chi connectivity index (χ4n) is 4.12. The highest BCUT2D eigenvalue weighted by Crippen LogP contribution is 2.32. The second kappa shape index (κ2) is 10.4. The van der Waals surface area contributed by atoms with Crippen LogP contribution in [0.1, 0.15) is 78.5 Å². The maximum atomic E-state index is 13.5. The molecule has 0 amide bonds. The maximum absolute atomic E-state index is 13.5. The van der Waals surface area contributed by atoms with E-state index in [-0.39, 0.29) is 36.3 Å². The van der Waals surface area contributed by atoms with Gasteiger partial charge in [0.2, 0.25) is 0 Å². The molecule has 190 valence electrons. The molecule has 8 heteroatoms. The first-order chi connectivity index (χ1) is 16.2. The molecule has 0 spiro atoms. The first-order valence-corrected chi connectivity index (χ1v) is 11.9. The predicted molar refractivity (Wildman–Crippen MR) is 132 cm³/mol. The molecule has 0 saturated carbocycles. The van der Waals surface area contributed by atoms with E-state index in [1.807, 2.05) is 46.8 Å². The van der Waals surface area contributed by atoms with E-state index in [0.29, 0.717) is 17.7 Å². The fraction of sp³-hybridized carbons (Fsp3) is 0.519. The summed E-state index contributed by atoms with van der Waals surface area (Å²) in [5, 5.41) is 0. The van der Waals surface area contributed by atoms with E-state index in [1.54, 1.807) is 26.0 Å². The SMILES string of the molecule is CC(C)c1[nH]c(=O)nc(-c2ccc(F)cc2)c1/C=C/[C@@H]1C[C@H](CC(=O)OC(C)(C)C)OC(C)(C)O1. The van der Waals surface area contributed by atoms with Crippen LogP contribution in [0.25, 0.3) is 17.3 Å². The number of hydrogen-bond acceptors (Lipinski definition) is 6. The summed E-state index contributed by atoms with van der Waals surface area (Å²) in [7, 11) is 0. The lowest BCUT2D eigenvalue weighted by Crippen LogP contribution is -2.45. The number of nitrogens with one attached hydrogen (secondary N) is 1. The number of ether oxygens (including phenoxy) is 3. The summed E-state index contributed by atoms with van der Waals surface area (Å²) >= 11 is 0. The van der Waals surface area contributed by atoms with Crippen molar-refractivity contribution in [1.82, 2.24) is 9.97 Å². The maximum Gasteiger partial charge on any atom is 0.345 e. The lowest BCUT2D eigenvalue weighted by atomic mass is 9.97. The summed E-state index contributed by atoms with van der Waals surface area (Å²) in [4.78, 5) is 31.7. The summed E-state index contributed by atoms with van der Waals surface area (Å²) in [5.74, 6) is -1.58. The van der Waals surface area contributed by atoms with Gasteiger partial charge in [0.05, 0.1) is 24.3 Å². The zero-order valence-electron chi connectivity index (χ0n) is 21.5. The minimum atomic E-state index is -0.899. The Morgan fingerprint density at radius 1 is 1.26 bits per heavy atom. The van der Waals surface area contributed by atoms with Crippen LogP contribution in [0.4, 0.5) is 4.39 Å². The van der Waals surface area contributed by atoms with E-state index in [1.165, 1.54) is 12.1 Å². The summed E-state index contributed by atoms with van der Waals surface area (Å²) in [6, 6.07) is 5.88. The third-order valence-electron chi connectivity index (χ3n) is 5.37. The van der Waals surface area contributed by atoms with Crippen LogP contribution in [0.5, 0.6) is 0 Å². The molecule has 1 N–H and O–H groups in total. The fourth-order valence-corrected chi connectivity index (χ4v) is 4.12. The van der Waals surface area contributed by atoms with Gasteiger partial charge in [-0.1, -0.05) is 26.0 Å². The van der Waals surface area contributed by atoms with E-state index in [0.717, 1.165) is 11.3 Å². The van der Waals surface area contributed by atoms with E-state index in [9.17, 15) is 14.0 Å². The number of nitrogens with zero attached hydrogens (tertiary/aromatic N) is 1. The molecule has 0 unspecified atom stereocenters. The third-order valence-corrected chi connectivity index (χ3v) is 5.37. The highest BCUT2D eigenvalue weighted by Gasteiger charge is 2.36. The molecule has 1 aromatic heterocycles. The smallest absolute Gasteiger partial charge is 0.345 e. The van der Waals surface area contributed by atoms with Gasteiger partial charge in [0.25, 0.3) is 0 Å². The number of hydrogen-bond donors (Lipinski definition) is 1. The Morgan fingerprint density at radius 2 is 1.91 bits per heavy atom. The predicted octanol–water partition coefficient (Wildman–Crippen LogP) is 5.35. The Bertz CT molecular complexity index is 1130. The average molecular weight is 487 g/mol. The molecule has 0 aliphatic carbocycles. The molecule has 3 rings (SSSR count). The third kappa shape index (κ3) is 7.57. The molecule has 2 heterocycles. The van der Waals surface area contributed by atoms with Crippen LogP contribution in [0.15, 0.2) is 35.1 Å². The van der Waals surface area contributed by atoms with Crippen molar-refractivity contribution in [2.24, 2.45) is 0 Å². The molecular formula is C27H35FN2O5. The van der Waals surface area contributed by atoms with Gasteiger partial charge in [0.15, 0.2) is 5.79 Å². The van der Waals surface area contributed by atoms with Crippen LogP contribution in [0.3, 0.4) is 0 Å². The van der Waals surface area contributed by atoms with Crippen molar-refractivity contribution in [3.8, 4) is 11.3 Å². The molecule has 1 fully saturated rings. The molecule has 1 aromatic carbocycles. The first kappa shape index (κ1) is 26.8. The number of rotatable bonds is 6. The van der Waals surface area contributed by atoms with Crippen LogP contribution in [-0.4, -0.2) is 39.5 Å². The van der Waals surface area contributed by atoms with E-state index >= 15 is 0 Å². The van der Waals surface area contributed by atoms with Crippen molar-refractivity contribution in [3.63, 3.8) is 0 Å². The number of carbonyl (C=O) groups is 1. The molecule has 2 atom stereocenters. The second-order valence-electron chi connectivity index (χ2n) is 10.6. The van der Waals surface area contributed by atoms with Crippen LogP contribution in [0, 0.1) is 5.82 Å². The molecule has 1 aliphatic heterocycles. The van der Waals surface area contributed by atoms with Crippen molar-refractivity contribution < 1.29 is 23.4 Å². The number of benzene rings is 1. The Labute approximate surface area is 205 Å². The van der Waals surface area contributed by atoms with Gasteiger partial charge >= 0.3 is 11.7 Å². The number of carbonyl (C=O) groups excluding carboxylic acids is 1. The van der Waals surface area contributed by atoms with Gasteiger partial charge in [0, 0.05) is 23.2 Å². The van der Waals surface area contributed by atoms with Crippen molar-refractivity contribution in [1.29, 1.82) is 0 Å². The lowest BCUT2D eigenvalue weighted by molar-refractivity contribution is -0.290. The number of esters is 1. The summed E-state index contributed by atoms with van der Waals surface area (Å²) in [5.41, 5.74) is 1.50. The standard InChI is InChI=1S/C27H35FN2O5/c1-16(2)23-21(24(30-25(32)29-23)17-8-10-18(28)11-9-17)13-12-19-14-20(34-27(6,7)33-19)15-22(31)35-26(3,4)5/h8-13,16,19-20H,14-15H2,1-7H3,(H,29,30,32)/b13-12+/t19-,20-/m1/s1. The van der Waals surface area contributed by atoms with Gasteiger partial charge in [0.1, 0.15) is 11.4 Å². The monoisotopic (exact) mass is 486 g/mol. The van der Waals surface area contributed by atoms with Crippen molar-refractivity contribution >= 4 is 12.0 Å². The van der Waals surface area contributed by atoms with Gasteiger partial charge in [-0.25, -0.2) is 9.18 Å². The molecular weight excluding hydrogens is 451 g/mol. The summed E-state index contributed by atoms with van der Waals surface area (Å²) in [6.45, 7) is 13.0. The van der Waals surface area contributed by atoms with Gasteiger partial charge in [-0.3, -0.25) is 4.79 Å². The highest BCUT2D eigenvalue weighted by atomic mass is 19.1. The summed E-state index contributed by atoms with van der Waals surface area (Å²) < 4.78 is 31.0. The first-order valence-electron chi connectivity index (χ1n) is 11.9. The van der Waals surface area contributed by atoms with Crippen LogP contribution in [0.2, 0.25) is 0 Å². The molecule has 1 aliphatic rings. The van der Waals surface area contributed by atoms with Crippen molar-refractivity contribution in [3.05, 3.63) is 57.9 Å². The number of aromatic amines is 1. The molecule has 0 bridgehead atoms. The van der Waals surface area contributed by atoms with Gasteiger partial charge in [-0.05, 0) is 64.8 Å². The number of H-pyrrole nitrogens is 1. The number of aromatic nitrogens is 2. The number of halogens is 1. The largest absolute Gasteiger partial charge is 0.460 e. The lowest BCUT2D eigenvalue weighted by Gasteiger charge is -2.39. The van der Waals surface area contributed by atoms with Crippen LogP contribution in [-0.2, 0) is 19.0 Å². The van der Waals surface area contributed by atoms with Crippen molar-refractivity contribution in [2.45, 2.75) is 90.8 Å². The molecule has 1 saturated heterocycles. The molecule has 2 aromatic rings. The highest BCUT2D eigenvalue weighted by molar-refractivity contribution is 5.73. The van der Waals surface area contributed by atoms with E-state index in [2.05, 4.69) is 9.97 Å². The van der Waals surface area contributed by atoms with E-state index < -0.39 is 17.1 Å². The normalized spacial score (nSPS) is 20.4. The Hall–Kier alpha value is -2.84. The molecule has 35 heavy (non-hydrogen) atoms. The zero-order chi connectivity index (χ0) is 26.0. The minimum Gasteiger partial charge on any atom is -0.460 e. The zero-order valence-corrected chi connectivity index (χ0v) is 21.5. The second-order valence-corrected chi connectivity index (χ2v) is 10.6. The van der Waals surface area contributed by atoms with E-state index in [4.69, 9.17) is 14.2 Å². The van der Waals surface area contributed by atoms with Gasteiger partial charge < -0.3 is 19.2 Å². The Kier molecular flexibility index (Phi) is 7.97. The molecule has 7 nitrogen and oxygen atoms in total. The Balaban J connectivity index is 1.92. The van der Waals surface area contributed by atoms with Crippen molar-refractivity contribution in [2.75, 3.05) is 0 Å². The van der Waals surface area contributed by atoms with Crippen LogP contribution >= 0.6 is 0 Å². The molecule has 0 radical (unpaired) electrons. The van der Waals surface area contributed by atoms with Gasteiger partial charge in [-0.2, -0.15) is 4.98 Å². The quantitative estimate of drug-likeness (QED) is 0.553. The average Bonchev–Trinajstić information content (AvgIpc) is 2.70. The Morgan fingerprint density at radius 3 is 2.51 bits per heavy atom.